The van der Waals surface area contributed by atoms with Gasteiger partial charge in [0, 0.05) is 18.8 Å². The number of nitrogens with one attached hydrogen (secondary N) is 2. The van der Waals surface area contributed by atoms with Crippen molar-refractivity contribution in [3.05, 3.63) is 17.2 Å². The second-order valence-corrected chi connectivity index (χ2v) is 6.66. The fourth-order valence-electron chi connectivity index (χ4n) is 3.93. The number of rotatable bonds is 3. The Balaban J connectivity index is 1.47. The summed E-state index contributed by atoms with van der Waals surface area (Å²) in [5, 5.41) is 2.68. The van der Waals surface area contributed by atoms with Crippen LogP contribution in [-0.4, -0.2) is 57.9 Å². The van der Waals surface area contributed by atoms with Crippen LogP contribution in [0.2, 0.25) is 0 Å². The molecule has 2 N–H and O–H groups in total. The third kappa shape index (κ3) is 2.73. The second-order valence-electron chi connectivity index (χ2n) is 6.66. The molecule has 7 heteroatoms. The first-order valence-corrected chi connectivity index (χ1v) is 8.62. The molecule has 2 saturated heterocycles. The smallest absolute Gasteiger partial charge is 0.324 e. The predicted molar refractivity (Wildman–Crippen MR) is 83.9 cm³/mol. The number of likely N-dealkylation sites (tertiary alicyclic amines) is 1. The Morgan fingerprint density at radius 2 is 2.09 bits per heavy atom. The van der Waals surface area contributed by atoms with Crippen LogP contribution in [-0.2, 0) is 17.6 Å². The molecular weight excluding hydrogens is 294 g/mol. The highest BCUT2D eigenvalue weighted by Crippen LogP contribution is 2.32. The number of aryl methyl sites for hydroxylation is 2. The Kier molecular flexibility index (Phi) is 3.80. The summed E-state index contributed by atoms with van der Waals surface area (Å²) in [4.78, 5) is 35.8. The molecule has 23 heavy (non-hydrogen) atoms. The van der Waals surface area contributed by atoms with Crippen LogP contribution >= 0.6 is 0 Å². The van der Waals surface area contributed by atoms with Gasteiger partial charge in [-0.3, -0.25) is 14.6 Å². The SMILES string of the molecule is O=C(CN1CCCC1c1nc2c([nH]1)CCCC2)N1CCNC1=O. The van der Waals surface area contributed by atoms with E-state index in [9.17, 15) is 9.59 Å². The molecule has 0 spiro atoms. The van der Waals surface area contributed by atoms with Crippen molar-refractivity contribution in [2.45, 2.75) is 44.6 Å². The van der Waals surface area contributed by atoms with Crippen LogP contribution in [0.1, 0.15) is 48.9 Å². The maximum Gasteiger partial charge on any atom is 0.324 e. The van der Waals surface area contributed by atoms with Gasteiger partial charge in [0.25, 0.3) is 0 Å². The number of carbonyl (C=O) groups is 2. The third-order valence-electron chi connectivity index (χ3n) is 5.15. The van der Waals surface area contributed by atoms with Crippen molar-refractivity contribution in [3.8, 4) is 0 Å². The van der Waals surface area contributed by atoms with Crippen molar-refractivity contribution in [3.63, 3.8) is 0 Å². The van der Waals surface area contributed by atoms with Crippen molar-refractivity contribution < 1.29 is 9.59 Å². The van der Waals surface area contributed by atoms with Gasteiger partial charge in [-0.05, 0) is 45.1 Å². The van der Waals surface area contributed by atoms with E-state index in [2.05, 4.69) is 15.2 Å². The summed E-state index contributed by atoms with van der Waals surface area (Å²) in [5.41, 5.74) is 2.49. The average Bonchev–Trinajstić information content (AvgIpc) is 3.24. The van der Waals surface area contributed by atoms with E-state index < -0.39 is 0 Å². The molecule has 7 nitrogen and oxygen atoms in total. The molecular formula is C16H23N5O2. The maximum atomic E-state index is 12.4. The summed E-state index contributed by atoms with van der Waals surface area (Å²) in [6.07, 6.45) is 6.68. The van der Waals surface area contributed by atoms with E-state index in [1.54, 1.807) is 0 Å². The van der Waals surface area contributed by atoms with Gasteiger partial charge >= 0.3 is 6.03 Å². The average molecular weight is 317 g/mol. The summed E-state index contributed by atoms with van der Waals surface area (Å²) < 4.78 is 0. The molecule has 4 rings (SSSR count). The van der Waals surface area contributed by atoms with Gasteiger partial charge in [-0.25, -0.2) is 9.78 Å². The largest absolute Gasteiger partial charge is 0.344 e. The number of imide groups is 1. The van der Waals surface area contributed by atoms with Crippen molar-refractivity contribution in [1.82, 2.24) is 25.1 Å². The fourth-order valence-corrected chi connectivity index (χ4v) is 3.93. The van der Waals surface area contributed by atoms with Gasteiger partial charge in [0.2, 0.25) is 5.91 Å². The van der Waals surface area contributed by atoms with Gasteiger partial charge < -0.3 is 10.3 Å². The topological polar surface area (TPSA) is 81.3 Å². The van der Waals surface area contributed by atoms with Crippen LogP contribution in [0.25, 0.3) is 0 Å². The molecule has 2 aliphatic heterocycles. The Hall–Kier alpha value is -1.89. The molecule has 3 aliphatic rings. The molecule has 1 atom stereocenters. The first kappa shape index (κ1) is 14.7. The standard InChI is InChI=1S/C16H23N5O2/c22-14(21-9-7-17-16(21)23)10-20-8-3-6-13(20)15-18-11-4-1-2-5-12(11)19-15/h13H,1-10H2,(H,17,23)(H,18,19). The molecule has 124 valence electrons. The Labute approximate surface area is 135 Å². The van der Waals surface area contributed by atoms with Gasteiger partial charge in [-0.15, -0.1) is 0 Å². The molecule has 3 heterocycles. The first-order valence-electron chi connectivity index (χ1n) is 8.62. The molecule has 0 aromatic carbocycles. The van der Waals surface area contributed by atoms with Crippen LogP contribution < -0.4 is 5.32 Å². The number of nitrogens with zero attached hydrogens (tertiary/aromatic N) is 3. The number of hydrogen-bond donors (Lipinski definition) is 2. The maximum absolute atomic E-state index is 12.4. The number of aromatic amines is 1. The molecule has 1 aromatic heterocycles. The van der Waals surface area contributed by atoms with Crippen LogP contribution in [0, 0.1) is 0 Å². The van der Waals surface area contributed by atoms with E-state index in [4.69, 9.17) is 4.98 Å². The third-order valence-corrected chi connectivity index (χ3v) is 5.15. The van der Waals surface area contributed by atoms with Gasteiger partial charge in [0.15, 0.2) is 0 Å². The summed E-state index contributed by atoms with van der Waals surface area (Å²) in [7, 11) is 0. The zero-order valence-corrected chi connectivity index (χ0v) is 13.3. The number of hydrogen-bond acceptors (Lipinski definition) is 4. The monoisotopic (exact) mass is 317 g/mol. The highest BCUT2D eigenvalue weighted by molar-refractivity contribution is 5.96. The van der Waals surface area contributed by atoms with Gasteiger partial charge in [-0.2, -0.15) is 0 Å². The minimum atomic E-state index is -0.265. The van der Waals surface area contributed by atoms with Crippen LogP contribution in [0.4, 0.5) is 4.79 Å². The van der Waals surface area contributed by atoms with Gasteiger partial charge in [0.1, 0.15) is 5.82 Å². The molecule has 0 bridgehead atoms. The number of aromatic nitrogens is 2. The zero-order chi connectivity index (χ0) is 15.8. The highest BCUT2D eigenvalue weighted by Gasteiger charge is 2.34. The van der Waals surface area contributed by atoms with Crippen molar-refractivity contribution in [2.75, 3.05) is 26.2 Å². The lowest BCUT2D eigenvalue weighted by atomic mass is 10.0. The molecule has 3 amide bonds. The van der Waals surface area contributed by atoms with E-state index in [0.29, 0.717) is 19.6 Å². The minimum absolute atomic E-state index is 0.108. The number of fused-ring (bicyclic) bond motifs is 1. The van der Waals surface area contributed by atoms with E-state index in [0.717, 1.165) is 38.1 Å². The summed E-state index contributed by atoms with van der Waals surface area (Å²) >= 11 is 0. The Bertz CT molecular complexity index is 602. The lowest BCUT2D eigenvalue weighted by molar-refractivity contribution is -0.129. The second kappa shape index (κ2) is 5.96. The van der Waals surface area contributed by atoms with E-state index in [1.165, 1.54) is 29.1 Å². The number of carbonyl (C=O) groups excluding carboxylic acids is 2. The van der Waals surface area contributed by atoms with E-state index >= 15 is 0 Å². The van der Waals surface area contributed by atoms with Crippen LogP contribution in [0.3, 0.4) is 0 Å². The minimum Gasteiger partial charge on any atom is -0.344 e. The number of H-pyrrole nitrogens is 1. The molecule has 2 fully saturated rings. The van der Waals surface area contributed by atoms with Gasteiger partial charge in [0.05, 0.1) is 18.3 Å². The van der Waals surface area contributed by atoms with Gasteiger partial charge in [-0.1, -0.05) is 0 Å². The molecule has 0 radical (unpaired) electrons. The van der Waals surface area contributed by atoms with E-state index in [-0.39, 0.29) is 18.0 Å². The summed E-state index contributed by atoms with van der Waals surface area (Å²) in [6.45, 7) is 2.21. The lowest BCUT2D eigenvalue weighted by Crippen LogP contribution is -2.41. The number of amides is 3. The Morgan fingerprint density at radius 1 is 1.22 bits per heavy atom. The molecule has 1 aromatic rings. The molecule has 1 aliphatic carbocycles. The fraction of sp³-hybridized carbons (Fsp3) is 0.688. The molecule has 1 unspecified atom stereocenters. The predicted octanol–water partition coefficient (Wildman–Crippen LogP) is 0.977. The Morgan fingerprint density at radius 3 is 2.87 bits per heavy atom. The van der Waals surface area contributed by atoms with Crippen molar-refractivity contribution in [2.24, 2.45) is 0 Å². The summed E-state index contributed by atoms with van der Waals surface area (Å²) in [5.74, 6) is 0.899. The normalized spacial score (nSPS) is 24.8. The lowest BCUT2D eigenvalue weighted by Gasteiger charge is -2.24. The number of urea groups is 1. The van der Waals surface area contributed by atoms with Crippen molar-refractivity contribution in [1.29, 1.82) is 0 Å². The number of imidazole rings is 1. The highest BCUT2D eigenvalue weighted by atomic mass is 16.2. The first-order chi connectivity index (χ1) is 11.2. The van der Waals surface area contributed by atoms with Crippen LogP contribution in [0.15, 0.2) is 0 Å². The summed E-state index contributed by atoms with van der Waals surface area (Å²) in [6, 6.07) is -0.0885. The van der Waals surface area contributed by atoms with E-state index in [1.807, 2.05) is 0 Å². The molecule has 0 saturated carbocycles. The quantitative estimate of drug-likeness (QED) is 0.871. The van der Waals surface area contributed by atoms with Crippen molar-refractivity contribution >= 4 is 11.9 Å². The van der Waals surface area contributed by atoms with Crippen LogP contribution in [0.5, 0.6) is 0 Å². The zero-order valence-electron chi connectivity index (χ0n) is 13.3.